The van der Waals surface area contributed by atoms with E-state index in [9.17, 15) is 9.59 Å². The molecule has 0 bridgehead atoms. The summed E-state index contributed by atoms with van der Waals surface area (Å²) in [5.74, 6) is -1.23. The van der Waals surface area contributed by atoms with E-state index in [4.69, 9.17) is 9.47 Å². The van der Waals surface area contributed by atoms with Gasteiger partial charge in [-0.3, -0.25) is 0 Å². The number of ether oxygens (including phenoxy) is 2. The van der Waals surface area contributed by atoms with Crippen LogP contribution >= 0.6 is 0 Å². The Morgan fingerprint density at radius 3 is 1.89 bits per heavy atom. The standard InChI is InChI=1S/C24H38O4/c1-4-5-6-7-8-9-10-11-12-13-16-19-27-23(25)24(26)28-22-18-15-14-17-21(22)20(2)3/h14-15,17-18,20H,4-13,16,19H2,1-3H3. The van der Waals surface area contributed by atoms with Crippen LogP contribution in [-0.4, -0.2) is 18.5 Å². The molecule has 0 saturated heterocycles. The van der Waals surface area contributed by atoms with E-state index >= 15 is 0 Å². The fourth-order valence-electron chi connectivity index (χ4n) is 3.18. The maximum Gasteiger partial charge on any atom is 0.422 e. The number of carbonyl (C=O) groups excluding carboxylic acids is 2. The fourth-order valence-corrected chi connectivity index (χ4v) is 3.18. The van der Waals surface area contributed by atoms with Gasteiger partial charge in [-0.05, 0) is 24.0 Å². The van der Waals surface area contributed by atoms with Crippen molar-refractivity contribution in [2.24, 2.45) is 0 Å². The molecule has 0 amide bonds. The van der Waals surface area contributed by atoms with E-state index < -0.39 is 11.9 Å². The first-order valence-corrected chi connectivity index (χ1v) is 11.0. The molecule has 0 aliphatic heterocycles. The maximum atomic E-state index is 11.9. The SMILES string of the molecule is CCCCCCCCCCCCCOC(=O)C(=O)Oc1ccccc1C(C)C. The van der Waals surface area contributed by atoms with Gasteiger partial charge in [0.25, 0.3) is 0 Å². The van der Waals surface area contributed by atoms with Crippen LogP contribution in [0.5, 0.6) is 5.75 Å². The lowest BCUT2D eigenvalue weighted by Crippen LogP contribution is -2.24. The number of esters is 2. The minimum Gasteiger partial charge on any atom is -0.457 e. The Hall–Kier alpha value is -1.84. The average Bonchev–Trinajstić information content (AvgIpc) is 2.68. The van der Waals surface area contributed by atoms with Crippen molar-refractivity contribution in [2.45, 2.75) is 97.3 Å². The summed E-state index contributed by atoms with van der Waals surface area (Å²) in [6.45, 7) is 6.54. The number of para-hydroxylation sites is 1. The fraction of sp³-hybridized carbons (Fsp3) is 0.667. The van der Waals surface area contributed by atoms with Crippen LogP contribution < -0.4 is 4.74 Å². The van der Waals surface area contributed by atoms with E-state index in [1.165, 1.54) is 51.4 Å². The highest BCUT2D eigenvalue weighted by Crippen LogP contribution is 2.26. The Balaban J connectivity index is 2.08. The summed E-state index contributed by atoms with van der Waals surface area (Å²) >= 11 is 0. The lowest BCUT2D eigenvalue weighted by molar-refractivity contribution is -0.162. The summed E-state index contributed by atoms with van der Waals surface area (Å²) in [4.78, 5) is 23.7. The van der Waals surface area contributed by atoms with E-state index in [-0.39, 0.29) is 12.5 Å². The smallest absolute Gasteiger partial charge is 0.422 e. The van der Waals surface area contributed by atoms with Crippen molar-refractivity contribution in [3.8, 4) is 5.75 Å². The van der Waals surface area contributed by atoms with Crippen LogP contribution in [-0.2, 0) is 14.3 Å². The van der Waals surface area contributed by atoms with Gasteiger partial charge in [-0.2, -0.15) is 0 Å². The highest BCUT2D eigenvalue weighted by Gasteiger charge is 2.20. The summed E-state index contributed by atoms with van der Waals surface area (Å²) in [5, 5.41) is 0. The third-order valence-electron chi connectivity index (χ3n) is 4.89. The summed E-state index contributed by atoms with van der Waals surface area (Å²) in [5.41, 5.74) is 0.897. The lowest BCUT2D eigenvalue weighted by Gasteiger charge is -2.12. The van der Waals surface area contributed by atoms with Crippen LogP contribution in [0.3, 0.4) is 0 Å². The zero-order valence-corrected chi connectivity index (χ0v) is 18.0. The van der Waals surface area contributed by atoms with Crippen molar-refractivity contribution < 1.29 is 19.1 Å². The van der Waals surface area contributed by atoms with Gasteiger partial charge in [0.05, 0.1) is 6.61 Å². The van der Waals surface area contributed by atoms with E-state index in [0.29, 0.717) is 5.75 Å². The molecule has 0 atom stereocenters. The largest absolute Gasteiger partial charge is 0.457 e. The van der Waals surface area contributed by atoms with Gasteiger partial charge in [-0.1, -0.05) is 103 Å². The minimum absolute atomic E-state index is 0.205. The van der Waals surface area contributed by atoms with Crippen LogP contribution in [0.4, 0.5) is 0 Å². The minimum atomic E-state index is -0.948. The van der Waals surface area contributed by atoms with Crippen LogP contribution in [0, 0.1) is 0 Å². The van der Waals surface area contributed by atoms with Gasteiger partial charge in [-0.25, -0.2) is 9.59 Å². The summed E-state index contributed by atoms with van der Waals surface area (Å²) in [6.07, 6.45) is 13.5. The van der Waals surface area contributed by atoms with Crippen LogP contribution in [0.1, 0.15) is 103 Å². The number of unbranched alkanes of at least 4 members (excludes halogenated alkanes) is 10. The Morgan fingerprint density at radius 1 is 0.786 bits per heavy atom. The molecule has 0 aliphatic carbocycles. The zero-order chi connectivity index (χ0) is 20.6. The second-order valence-corrected chi connectivity index (χ2v) is 7.75. The zero-order valence-electron chi connectivity index (χ0n) is 18.0. The molecule has 0 aliphatic rings. The topological polar surface area (TPSA) is 52.6 Å². The number of rotatable bonds is 14. The van der Waals surface area contributed by atoms with Crippen LogP contribution in [0.25, 0.3) is 0 Å². The molecule has 4 heteroatoms. The molecule has 0 spiro atoms. The van der Waals surface area contributed by atoms with Crippen molar-refractivity contribution in [1.29, 1.82) is 0 Å². The third-order valence-corrected chi connectivity index (χ3v) is 4.89. The molecule has 0 unspecified atom stereocenters. The van der Waals surface area contributed by atoms with Crippen molar-refractivity contribution >= 4 is 11.9 Å². The summed E-state index contributed by atoms with van der Waals surface area (Å²) < 4.78 is 10.3. The molecule has 0 N–H and O–H groups in total. The molecule has 28 heavy (non-hydrogen) atoms. The van der Waals surface area contributed by atoms with E-state index in [2.05, 4.69) is 6.92 Å². The molecule has 0 saturated carbocycles. The molecule has 1 rings (SSSR count). The first-order valence-electron chi connectivity index (χ1n) is 11.0. The van der Waals surface area contributed by atoms with E-state index in [0.717, 1.165) is 24.8 Å². The predicted molar refractivity (Wildman–Crippen MR) is 114 cm³/mol. The summed E-state index contributed by atoms with van der Waals surface area (Å²) in [6, 6.07) is 7.26. The van der Waals surface area contributed by atoms with Gasteiger partial charge >= 0.3 is 11.9 Å². The Morgan fingerprint density at radius 2 is 1.32 bits per heavy atom. The molecule has 0 fully saturated rings. The van der Waals surface area contributed by atoms with Gasteiger partial charge in [0.2, 0.25) is 0 Å². The number of hydrogen-bond acceptors (Lipinski definition) is 4. The first kappa shape index (κ1) is 24.2. The quantitative estimate of drug-likeness (QED) is 0.156. The third kappa shape index (κ3) is 10.5. The van der Waals surface area contributed by atoms with Gasteiger partial charge in [0.1, 0.15) is 5.75 Å². The van der Waals surface area contributed by atoms with Gasteiger partial charge < -0.3 is 9.47 Å². The Bertz CT molecular complexity index is 565. The van der Waals surface area contributed by atoms with Crippen molar-refractivity contribution in [2.75, 3.05) is 6.61 Å². The van der Waals surface area contributed by atoms with Gasteiger partial charge in [-0.15, -0.1) is 0 Å². The summed E-state index contributed by atoms with van der Waals surface area (Å²) in [7, 11) is 0. The molecule has 0 heterocycles. The number of carbonyl (C=O) groups is 2. The molecule has 1 aromatic rings. The lowest BCUT2D eigenvalue weighted by atomic mass is 10.0. The molecule has 158 valence electrons. The second kappa shape index (κ2) is 15.1. The van der Waals surface area contributed by atoms with E-state index in [1.807, 2.05) is 26.0 Å². The molecule has 4 nitrogen and oxygen atoms in total. The molecule has 1 aromatic carbocycles. The highest BCUT2D eigenvalue weighted by atomic mass is 16.6. The maximum absolute atomic E-state index is 11.9. The van der Waals surface area contributed by atoms with Gasteiger partial charge in [0.15, 0.2) is 0 Å². The van der Waals surface area contributed by atoms with Crippen molar-refractivity contribution in [1.82, 2.24) is 0 Å². The van der Waals surface area contributed by atoms with Crippen molar-refractivity contribution in [3.63, 3.8) is 0 Å². The van der Waals surface area contributed by atoms with Crippen LogP contribution in [0.15, 0.2) is 24.3 Å². The van der Waals surface area contributed by atoms with E-state index in [1.54, 1.807) is 12.1 Å². The Labute approximate surface area is 171 Å². The average molecular weight is 391 g/mol. The normalized spacial score (nSPS) is 10.9. The van der Waals surface area contributed by atoms with Crippen LogP contribution in [0.2, 0.25) is 0 Å². The monoisotopic (exact) mass is 390 g/mol. The highest BCUT2D eigenvalue weighted by molar-refractivity contribution is 6.30. The molecular weight excluding hydrogens is 352 g/mol. The Kier molecular flexibility index (Phi) is 13.1. The molecular formula is C24H38O4. The molecule has 0 radical (unpaired) electrons. The van der Waals surface area contributed by atoms with Crippen molar-refractivity contribution in [3.05, 3.63) is 29.8 Å². The predicted octanol–water partition coefficient (Wildman–Crippen LogP) is 6.57. The number of hydrogen-bond donors (Lipinski definition) is 0. The first-order chi connectivity index (χ1) is 13.6. The second-order valence-electron chi connectivity index (χ2n) is 7.75. The molecule has 0 aromatic heterocycles. The van der Waals surface area contributed by atoms with Gasteiger partial charge in [0, 0.05) is 0 Å². The number of benzene rings is 1.